The molecule has 4 nitrogen and oxygen atoms in total. The number of hydrogen-bond donors (Lipinski definition) is 0. The molecule has 4 heterocycles. The van der Waals surface area contributed by atoms with Crippen LogP contribution in [-0.2, 0) is 0 Å². The van der Waals surface area contributed by atoms with Gasteiger partial charge in [0, 0.05) is 64.1 Å². The standard InChI is InChI=1S/C55H33N3OS/c1-3-14-34(15-4-1)35-28-30-36(31-29-35)40-22-12-25-45-50-44-21-7-9-26-48(44)59-53(50)51(58-52(40)45)39-19-11-18-38(32-39)46-33-47(57-55(56-46)37-16-5-2-6-17-37)43-24-13-23-42-41-20-8-10-27-49(41)60-54(42)43/h1-33H. The van der Waals surface area contributed by atoms with Gasteiger partial charge in [0.15, 0.2) is 11.4 Å². The van der Waals surface area contributed by atoms with Crippen LogP contribution >= 0.6 is 11.3 Å². The van der Waals surface area contributed by atoms with Gasteiger partial charge < -0.3 is 4.42 Å². The highest BCUT2D eigenvalue weighted by Gasteiger charge is 2.21. The van der Waals surface area contributed by atoms with Crippen LogP contribution in [-0.4, -0.2) is 15.0 Å². The average molecular weight is 784 g/mol. The smallest absolute Gasteiger partial charge is 0.162 e. The van der Waals surface area contributed by atoms with Crippen LogP contribution in [0.3, 0.4) is 0 Å². The van der Waals surface area contributed by atoms with Gasteiger partial charge in [0.2, 0.25) is 0 Å². The molecule has 0 N–H and O–H groups in total. The fourth-order valence-electron chi connectivity index (χ4n) is 8.63. The third-order valence-corrected chi connectivity index (χ3v) is 12.7. The van der Waals surface area contributed by atoms with Crippen LogP contribution < -0.4 is 0 Å². The number of thiophene rings is 1. The quantitative estimate of drug-likeness (QED) is 0.169. The number of benzene rings is 8. The molecule has 280 valence electrons. The van der Waals surface area contributed by atoms with E-state index in [1.54, 1.807) is 0 Å². The van der Waals surface area contributed by atoms with Crippen molar-refractivity contribution in [3.63, 3.8) is 0 Å². The molecule has 0 amide bonds. The summed E-state index contributed by atoms with van der Waals surface area (Å²) in [6, 6.07) is 70.1. The Morgan fingerprint density at radius 2 is 0.983 bits per heavy atom. The van der Waals surface area contributed by atoms with Gasteiger partial charge >= 0.3 is 0 Å². The molecule has 4 aromatic heterocycles. The maximum absolute atomic E-state index is 6.73. The van der Waals surface area contributed by atoms with Gasteiger partial charge in [0.25, 0.3) is 0 Å². The van der Waals surface area contributed by atoms with Crippen LogP contribution in [0.25, 0.3) is 120 Å². The first-order chi connectivity index (χ1) is 29.7. The second kappa shape index (κ2) is 14.0. The summed E-state index contributed by atoms with van der Waals surface area (Å²) in [6.45, 7) is 0. The van der Waals surface area contributed by atoms with E-state index in [1.165, 1.54) is 31.3 Å². The first-order valence-electron chi connectivity index (χ1n) is 20.1. The fourth-order valence-corrected chi connectivity index (χ4v) is 9.86. The molecule has 12 rings (SSSR count). The molecule has 0 bridgehead atoms. The zero-order valence-corrected chi connectivity index (χ0v) is 33.0. The van der Waals surface area contributed by atoms with Crippen molar-refractivity contribution < 1.29 is 4.42 Å². The second-order valence-corrected chi connectivity index (χ2v) is 16.1. The van der Waals surface area contributed by atoms with Crippen molar-refractivity contribution >= 4 is 64.4 Å². The zero-order chi connectivity index (χ0) is 39.6. The van der Waals surface area contributed by atoms with Crippen molar-refractivity contribution in [3.8, 4) is 67.4 Å². The van der Waals surface area contributed by atoms with Crippen LogP contribution in [0, 0.1) is 0 Å². The molecule has 8 aromatic carbocycles. The van der Waals surface area contributed by atoms with Gasteiger partial charge in [0.1, 0.15) is 11.3 Å². The van der Waals surface area contributed by atoms with Crippen molar-refractivity contribution in [2.24, 2.45) is 0 Å². The van der Waals surface area contributed by atoms with E-state index in [0.717, 1.165) is 83.3 Å². The minimum absolute atomic E-state index is 0.679. The molecule has 0 aliphatic carbocycles. The predicted molar refractivity (Wildman–Crippen MR) is 250 cm³/mol. The average Bonchev–Trinajstić information content (AvgIpc) is 3.91. The zero-order valence-electron chi connectivity index (χ0n) is 32.2. The number of rotatable bonds is 6. The van der Waals surface area contributed by atoms with E-state index in [4.69, 9.17) is 19.4 Å². The van der Waals surface area contributed by atoms with Gasteiger partial charge in [-0.25, -0.2) is 15.0 Å². The van der Waals surface area contributed by atoms with Crippen LogP contribution in [0.15, 0.2) is 205 Å². The molecule has 0 saturated heterocycles. The molecule has 0 saturated carbocycles. The molecule has 5 heteroatoms. The van der Waals surface area contributed by atoms with Crippen molar-refractivity contribution in [1.82, 2.24) is 15.0 Å². The van der Waals surface area contributed by atoms with E-state index in [0.29, 0.717) is 5.82 Å². The Labute approximate surface area is 349 Å². The number of pyridine rings is 1. The third kappa shape index (κ3) is 5.70. The van der Waals surface area contributed by atoms with E-state index >= 15 is 0 Å². The lowest BCUT2D eigenvalue weighted by Gasteiger charge is -2.13. The fraction of sp³-hybridized carbons (Fsp3) is 0. The Balaban J connectivity index is 1.05. The highest BCUT2D eigenvalue weighted by Crippen LogP contribution is 2.44. The maximum atomic E-state index is 6.73. The Morgan fingerprint density at radius 3 is 1.82 bits per heavy atom. The minimum atomic E-state index is 0.679. The first kappa shape index (κ1) is 34.3. The van der Waals surface area contributed by atoms with E-state index in [1.807, 2.05) is 47.7 Å². The van der Waals surface area contributed by atoms with E-state index < -0.39 is 0 Å². The number of fused-ring (bicyclic) bond motifs is 8. The lowest BCUT2D eigenvalue weighted by atomic mass is 9.95. The second-order valence-electron chi connectivity index (χ2n) is 15.1. The van der Waals surface area contributed by atoms with Crippen LogP contribution in [0.1, 0.15) is 0 Å². The molecule has 0 aliphatic heterocycles. The molecular weight excluding hydrogens is 751 g/mol. The SMILES string of the molecule is c1ccc(-c2ccc(-c3cccc4c3nc(-c3cccc(-c5cc(-c6cccc7c6sc6ccccc67)nc(-c6ccccc6)n5)c3)c3oc5ccccc5c34)cc2)cc1. The minimum Gasteiger partial charge on any atom is -0.454 e. The maximum Gasteiger partial charge on any atom is 0.162 e. The third-order valence-electron chi connectivity index (χ3n) is 11.5. The van der Waals surface area contributed by atoms with Crippen molar-refractivity contribution in [2.45, 2.75) is 0 Å². The first-order valence-corrected chi connectivity index (χ1v) is 20.9. The highest BCUT2D eigenvalue weighted by molar-refractivity contribution is 7.26. The van der Waals surface area contributed by atoms with Crippen molar-refractivity contribution in [1.29, 1.82) is 0 Å². The summed E-state index contributed by atoms with van der Waals surface area (Å²) >= 11 is 1.81. The number of hydrogen-bond acceptors (Lipinski definition) is 5. The summed E-state index contributed by atoms with van der Waals surface area (Å²) in [7, 11) is 0. The summed E-state index contributed by atoms with van der Waals surface area (Å²) in [6.07, 6.45) is 0. The Hall–Kier alpha value is -7.73. The van der Waals surface area contributed by atoms with Gasteiger partial charge in [-0.3, -0.25) is 0 Å². The summed E-state index contributed by atoms with van der Waals surface area (Å²) in [4.78, 5) is 16.0. The highest BCUT2D eigenvalue weighted by atomic mass is 32.1. The topological polar surface area (TPSA) is 51.8 Å². The monoisotopic (exact) mass is 783 g/mol. The van der Waals surface area contributed by atoms with Crippen LogP contribution in [0.5, 0.6) is 0 Å². The lowest BCUT2D eigenvalue weighted by molar-refractivity contribution is 0.669. The van der Waals surface area contributed by atoms with E-state index in [9.17, 15) is 0 Å². The van der Waals surface area contributed by atoms with Gasteiger partial charge in [-0.15, -0.1) is 11.3 Å². The van der Waals surface area contributed by atoms with E-state index in [-0.39, 0.29) is 0 Å². The lowest BCUT2D eigenvalue weighted by Crippen LogP contribution is -1.96. The molecule has 0 aliphatic rings. The van der Waals surface area contributed by atoms with E-state index in [2.05, 4.69) is 164 Å². The number of para-hydroxylation sites is 2. The molecule has 0 atom stereocenters. The predicted octanol–water partition coefficient (Wildman–Crippen LogP) is 15.3. The molecule has 0 fully saturated rings. The molecule has 12 aromatic rings. The largest absolute Gasteiger partial charge is 0.454 e. The van der Waals surface area contributed by atoms with Crippen LogP contribution in [0.2, 0.25) is 0 Å². The normalized spacial score (nSPS) is 11.7. The summed E-state index contributed by atoms with van der Waals surface area (Å²) in [5.41, 5.74) is 13.5. The van der Waals surface area contributed by atoms with Gasteiger partial charge in [-0.2, -0.15) is 0 Å². The van der Waals surface area contributed by atoms with Crippen molar-refractivity contribution in [3.05, 3.63) is 200 Å². The summed E-state index contributed by atoms with van der Waals surface area (Å²) in [5.74, 6) is 0.679. The number of nitrogens with zero attached hydrogens (tertiary/aromatic N) is 3. The van der Waals surface area contributed by atoms with Gasteiger partial charge in [-0.1, -0.05) is 176 Å². The Kier molecular flexibility index (Phi) is 8.00. The van der Waals surface area contributed by atoms with Crippen LogP contribution in [0.4, 0.5) is 0 Å². The number of furan rings is 1. The molecule has 0 spiro atoms. The summed E-state index contributed by atoms with van der Waals surface area (Å²) < 4.78 is 9.21. The van der Waals surface area contributed by atoms with Gasteiger partial charge in [-0.05, 0) is 41.0 Å². The molecular formula is C55H33N3OS. The molecule has 0 radical (unpaired) electrons. The summed E-state index contributed by atoms with van der Waals surface area (Å²) in [5, 5.41) is 5.68. The van der Waals surface area contributed by atoms with Crippen molar-refractivity contribution in [2.75, 3.05) is 0 Å². The molecule has 0 unspecified atom stereocenters. The Bertz CT molecular complexity index is 3590. The Morgan fingerprint density at radius 1 is 0.383 bits per heavy atom. The van der Waals surface area contributed by atoms with Gasteiger partial charge in [0.05, 0.1) is 16.9 Å². The molecule has 60 heavy (non-hydrogen) atoms. The number of aromatic nitrogens is 3.